The van der Waals surface area contributed by atoms with E-state index in [0.29, 0.717) is 6.54 Å². The molecule has 2 N–H and O–H groups in total. The van der Waals surface area contributed by atoms with Gasteiger partial charge in [0.05, 0.1) is 0 Å². The molecule has 1 aliphatic carbocycles. The number of halogens is 1. The van der Waals surface area contributed by atoms with Crippen LogP contribution in [0.4, 0.5) is 4.39 Å². The molecule has 1 aromatic carbocycles. The van der Waals surface area contributed by atoms with E-state index >= 15 is 0 Å². The Bertz CT molecular complexity index is 323. The first kappa shape index (κ1) is 11.6. The summed E-state index contributed by atoms with van der Waals surface area (Å²) in [6, 6.07) is 7.70. The van der Waals surface area contributed by atoms with Gasteiger partial charge in [-0.2, -0.15) is 0 Å². The average molecular weight is 222 g/mol. The van der Waals surface area contributed by atoms with Gasteiger partial charge < -0.3 is 10.6 Å². The second-order valence-corrected chi connectivity index (χ2v) is 4.35. The summed E-state index contributed by atoms with van der Waals surface area (Å²) < 4.78 is 13.2. The second kappa shape index (κ2) is 5.97. The number of nitrogens with one attached hydrogen (secondary N) is 2. The topological polar surface area (TPSA) is 24.1 Å². The molecule has 0 saturated heterocycles. The second-order valence-electron chi connectivity index (χ2n) is 4.35. The lowest BCUT2D eigenvalue weighted by atomic mass is 10.2. The molecule has 0 heterocycles. The lowest BCUT2D eigenvalue weighted by Gasteiger charge is -2.06. The van der Waals surface area contributed by atoms with E-state index in [-0.39, 0.29) is 5.82 Å². The summed E-state index contributed by atoms with van der Waals surface area (Å²) in [5, 5.41) is 6.71. The van der Waals surface area contributed by atoms with Crippen LogP contribution in [0.5, 0.6) is 0 Å². The van der Waals surface area contributed by atoms with Crippen molar-refractivity contribution in [1.82, 2.24) is 10.6 Å². The molecule has 16 heavy (non-hydrogen) atoms. The molecule has 1 aromatic rings. The van der Waals surface area contributed by atoms with Crippen molar-refractivity contribution in [1.29, 1.82) is 0 Å². The molecule has 0 amide bonds. The van der Waals surface area contributed by atoms with Crippen molar-refractivity contribution in [3.8, 4) is 0 Å². The molecule has 1 aliphatic rings. The third-order valence-electron chi connectivity index (χ3n) is 2.81. The van der Waals surface area contributed by atoms with Crippen molar-refractivity contribution >= 4 is 0 Å². The fourth-order valence-corrected chi connectivity index (χ4v) is 1.67. The van der Waals surface area contributed by atoms with Gasteiger partial charge in [0.25, 0.3) is 0 Å². The molecule has 2 nitrogen and oxygen atoms in total. The molecule has 0 spiro atoms. The first-order valence-electron chi connectivity index (χ1n) is 6.04. The summed E-state index contributed by atoms with van der Waals surface area (Å²) in [6.45, 7) is 2.62. The van der Waals surface area contributed by atoms with Gasteiger partial charge in [0.1, 0.15) is 5.82 Å². The predicted molar refractivity (Wildman–Crippen MR) is 63.7 cm³/mol. The molecule has 0 unspecified atom stereocenters. The van der Waals surface area contributed by atoms with Gasteiger partial charge in [0, 0.05) is 18.2 Å². The zero-order valence-corrected chi connectivity index (χ0v) is 9.51. The monoisotopic (exact) mass is 222 g/mol. The van der Waals surface area contributed by atoms with Crippen LogP contribution in [0.2, 0.25) is 0 Å². The highest BCUT2D eigenvalue weighted by Gasteiger charge is 2.19. The average Bonchev–Trinajstić information content (AvgIpc) is 3.09. The van der Waals surface area contributed by atoms with E-state index in [1.807, 2.05) is 12.1 Å². The molecule has 1 saturated carbocycles. The summed E-state index contributed by atoms with van der Waals surface area (Å²) in [7, 11) is 0. The molecule has 0 atom stereocenters. The SMILES string of the molecule is Fc1ccccc1CNCCCNC1CC1. The highest BCUT2D eigenvalue weighted by atomic mass is 19.1. The lowest BCUT2D eigenvalue weighted by Crippen LogP contribution is -2.23. The first-order valence-corrected chi connectivity index (χ1v) is 6.04. The Hall–Kier alpha value is -0.930. The Morgan fingerprint density at radius 1 is 1.19 bits per heavy atom. The fraction of sp³-hybridized carbons (Fsp3) is 0.538. The Labute approximate surface area is 96.2 Å². The fourth-order valence-electron chi connectivity index (χ4n) is 1.67. The molecule has 0 aromatic heterocycles. The summed E-state index contributed by atoms with van der Waals surface area (Å²) in [5.74, 6) is -0.119. The minimum absolute atomic E-state index is 0.119. The van der Waals surface area contributed by atoms with Crippen LogP contribution < -0.4 is 10.6 Å². The van der Waals surface area contributed by atoms with Crippen molar-refractivity contribution in [2.75, 3.05) is 13.1 Å². The standard InChI is InChI=1S/C13H19FN2/c14-13-5-2-1-4-11(13)10-15-8-3-9-16-12-6-7-12/h1-2,4-5,12,15-16H,3,6-10H2. The third kappa shape index (κ3) is 3.91. The van der Waals surface area contributed by atoms with Gasteiger partial charge in [-0.3, -0.25) is 0 Å². The summed E-state index contributed by atoms with van der Waals surface area (Å²) in [4.78, 5) is 0. The lowest BCUT2D eigenvalue weighted by molar-refractivity contribution is 0.567. The Morgan fingerprint density at radius 3 is 2.75 bits per heavy atom. The van der Waals surface area contributed by atoms with E-state index in [1.165, 1.54) is 18.9 Å². The van der Waals surface area contributed by atoms with Gasteiger partial charge in [-0.05, 0) is 38.4 Å². The van der Waals surface area contributed by atoms with Crippen LogP contribution >= 0.6 is 0 Å². The van der Waals surface area contributed by atoms with Gasteiger partial charge in [-0.15, -0.1) is 0 Å². The third-order valence-corrected chi connectivity index (χ3v) is 2.81. The molecule has 0 aliphatic heterocycles. The van der Waals surface area contributed by atoms with Gasteiger partial charge in [0.15, 0.2) is 0 Å². The normalized spacial score (nSPS) is 15.3. The number of benzene rings is 1. The summed E-state index contributed by atoms with van der Waals surface area (Å²) >= 11 is 0. The Kier molecular flexibility index (Phi) is 4.31. The van der Waals surface area contributed by atoms with Crippen LogP contribution in [0.15, 0.2) is 24.3 Å². The van der Waals surface area contributed by atoms with Gasteiger partial charge in [-0.25, -0.2) is 4.39 Å². The smallest absolute Gasteiger partial charge is 0.127 e. The van der Waals surface area contributed by atoms with E-state index in [0.717, 1.165) is 31.1 Å². The van der Waals surface area contributed by atoms with Crippen molar-refractivity contribution < 1.29 is 4.39 Å². The number of rotatable bonds is 7. The summed E-state index contributed by atoms with van der Waals surface area (Å²) in [6.07, 6.45) is 3.77. The van der Waals surface area contributed by atoms with Crippen LogP contribution in [0.25, 0.3) is 0 Å². The van der Waals surface area contributed by atoms with E-state index in [4.69, 9.17) is 0 Å². The van der Waals surface area contributed by atoms with Crippen molar-refractivity contribution in [3.63, 3.8) is 0 Å². The Balaban J connectivity index is 1.55. The molecule has 0 radical (unpaired) electrons. The van der Waals surface area contributed by atoms with E-state index in [9.17, 15) is 4.39 Å². The van der Waals surface area contributed by atoms with Crippen LogP contribution in [0, 0.1) is 5.82 Å². The molecule has 88 valence electrons. The number of hydrogen-bond acceptors (Lipinski definition) is 2. The highest BCUT2D eigenvalue weighted by Crippen LogP contribution is 2.18. The molecule has 3 heteroatoms. The van der Waals surface area contributed by atoms with Gasteiger partial charge in [0.2, 0.25) is 0 Å². The molecule has 1 fully saturated rings. The zero-order chi connectivity index (χ0) is 11.2. The van der Waals surface area contributed by atoms with E-state index < -0.39 is 0 Å². The maximum atomic E-state index is 13.2. The minimum atomic E-state index is -0.119. The van der Waals surface area contributed by atoms with Gasteiger partial charge in [-0.1, -0.05) is 18.2 Å². The van der Waals surface area contributed by atoms with E-state index in [1.54, 1.807) is 6.07 Å². The Morgan fingerprint density at radius 2 is 2.00 bits per heavy atom. The minimum Gasteiger partial charge on any atom is -0.314 e. The zero-order valence-electron chi connectivity index (χ0n) is 9.51. The van der Waals surface area contributed by atoms with Crippen LogP contribution in [0.1, 0.15) is 24.8 Å². The maximum Gasteiger partial charge on any atom is 0.127 e. The summed E-state index contributed by atoms with van der Waals surface area (Å²) in [5.41, 5.74) is 0.748. The van der Waals surface area contributed by atoms with Crippen molar-refractivity contribution in [2.24, 2.45) is 0 Å². The quantitative estimate of drug-likeness (QED) is 0.690. The molecule has 0 bridgehead atoms. The molecule has 2 rings (SSSR count). The van der Waals surface area contributed by atoms with Crippen LogP contribution in [-0.4, -0.2) is 19.1 Å². The van der Waals surface area contributed by atoms with Crippen LogP contribution in [0.3, 0.4) is 0 Å². The highest BCUT2D eigenvalue weighted by molar-refractivity contribution is 5.16. The number of hydrogen-bond donors (Lipinski definition) is 2. The largest absolute Gasteiger partial charge is 0.314 e. The van der Waals surface area contributed by atoms with Gasteiger partial charge >= 0.3 is 0 Å². The van der Waals surface area contributed by atoms with Crippen molar-refractivity contribution in [3.05, 3.63) is 35.6 Å². The molecular formula is C13H19FN2. The van der Waals surface area contributed by atoms with Crippen molar-refractivity contribution in [2.45, 2.75) is 31.8 Å². The maximum absolute atomic E-state index is 13.2. The predicted octanol–water partition coefficient (Wildman–Crippen LogP) is 2.06. The van der Waals surface area contributed by atoms with E-state index in [2.05, 4.69) is 10.6 Å². The van der Waals surface area contributed by atoms with Crippen LogP contribution in [-0.2, 0) is 6.54 Å². The first-order chi connectivity index (χ1) is 7.86. The molecular weight excluding hydrogens is 203 g/mol.